The smallest absolute Gasteiger partial charge is 0.330 e. The van der Waals surface area contributed by atoms with Crippen LogP contribution in [0.4, 0.5) is 4.39 Å². The molecule has 0 amide bonds. The molecule has 0 bridgehead atoms. The van der Waals surface area contributed by atoms with Crippen LogP contribution in [0, 0.1) is 5.82 Å². The predicted octanol–water partition coefficient (Wildman–Crippen LogP) is -0.459. The predicted molar refractivity (Wildman–Crippen MR) is 67.2 cm³/mol. The lowest BCUT2D eigenvalue weighted by atomic mass is 10.2. The zero-order chi connectivity index (χ0) is 15.6. The summed E-state index contributed by atoms with van der Waals surface area (Å²) in [6.07, 6.45) is -1.13. The Kier molecular flexibility index (Phi) is 4.53. The Balaban J connectivity index is 2.26. The Bertz CT molecular complexity index is 639. The molecule has 0 spiro atoms. The van der Waals surface area contributed by atoms with Gasteiger partial charge in [0.1, 0.15) is 18.4 Å². The maximum absolute atomic E-state index is 13.3. The average molecular weight is 302 g/mol. The summed E-state index contributed by atoms with van der Waals surface area (Å²) < 4.78 is 29.8. The summed E-state index contributed by atoms with van der Waals surface area (Å²) in [5, 5.41) is 0. The first-order chi connectivity index (χ1) is 9.92. The number of H-pyrrole nitrogens is 1. The summed E-state index contributed by atoms with van der Waals surface area (Å²) in [4.78, 5) is 35.6. The van der Waals surface area contributed by atoms with Gasteiger partial charge in [0.2, 0.25) is 5.82 Å². The zero-order valence-electron chi connectivity index (χ0n) is 11.5. The number of methoxy groups -OCH3 is 1. The van der Waals surface area contributed by atoms with E-state index in [4.69, 9.17) is 14.2 Å². The number of carbonyl (C=O) groups is 1. The molecular weight excluding hydrogens is 287 g/mol. The van der Waals surface area contributed by atoms with E-state index in [2.05, 4.69) is 0 Å². The molecule has 9 heteroatoms. The fourth-order valence-corrected chi connectivity index (χ4v) is 2.20. The minimum absolute atomic E-state index is 0.148. The van der Waals surface area contributed by atoms with E-state index >= 15 is 0 Å². The van der Waals surface area contributed by atoms with E-state index in [1.54, 1.807) is 0 Å². The third-order valence-corrected chi connectivity index (χ3v) is 3.06. The van der Waals surface area contributed by atoms with Crippen molar-refractivity contribution in [3.8, 4) is 0 Å². The van der Waals surface area contributed by atoms with Crippen molar-refractivity contribution in [3.63, 3.8) is 0 Å². The first kappa shape index (κ1) is 15.4. The number of nitrogens with one attached hydrogen (secondary N) is 1. The van der Waals surface area contributed by atoms with Gasteiger partial charge in [-0.05, 0) is 0 Å². The summed E-state index contributed by atoms with van der Waals surface area (Å²) in [5.41, 5.74) is -1.90. The molecule has 0 aliphatic carbocycles. The van der Waals surface area contributed by atoms with Gasteiger partial charge in [-0.25, -0.2) is 4.79 Å². The second kappa shape index (κ2) is 6.19. The van der Waals surface area contributed by atoms with E-state index in [1.165, 1.54) is 14.0 Å². The van der Waals surface area contributed by atoms with Gasteiger partial charge in [0.25, 0.3) is 5.56 Å². The maximum atomic E-state index is 13.3. The minimum atomic E-state index is -1.10. The van der Waals surface area contributed by atoms with Gasteiger partial charge in [0, 0.05) is 20.5 Å². The molecule has 1 aliphatic heterocycles. The average Bonchev–Trinajstić information content (AvgIpc) is 2.76. The highest BCUT2D eigenvalue weighted by Crippen LogP contribution is 2.30. The van der Waals surface area contributed by atoms with Gasteiger partial charge in [-0.15, -0.1) is 0 Å². The lowest BCUT2D eigenvalue weighted by Crippen LogP contribution is -2.34. The fourth-order valence-electron chi connectivity index (χ4n) is 2.20. The summed E-state index contributed by atoms with van der Waals surface area (Å²) in [5.74, 6) is -1.59. The maximum Gasteiger partial charge on any atom is 0.330 e. The molecule has 0 unspecified atom stereocenters. The third kappa shape index (κ3) is 3.37. The van der Waals surface area contributed by atoms with Crippen LogP contribution < -0.4 is 11.2 Å². The van der Waals surface area contributed by atoms with Gasteiger partial charge in [-0.3, -0.25) is 19.1 Å². The Hall–Kier alpha value is -2.00. The minimum Gasteiger partial charge on any atom is -0.460 e. The van der Waals surface area contributed by atoms with E-state index in [0.717, 1.165) is 10.8 Å². The molecule has 1 N–H and O–H groups in total. The number of ether oxygens (including phenoxy) is 3. The number of esters is 1. The SMILES string of the molecule is COC[C@H]1O[C@@H](n2cc(F)c(=O)[nH]c2=O)C[C@@H]1OC(C)=O. The van der Waals surface area contributed by atoms with Gasteiger partial charge in [-0.1, -0.05) is 0 Å². The van der Waals surface area contributed by atoms with Gasteiger partial charge in [0.05, 0.1) is 12.8 Å². The molecule has 21 heavy (non-hydrogen) atoms. The van der Waals surface area contributed by atoms with E-state index in [9.17, 15) is 18.8 Å². The van der Waals surface area contributed by atoms with Crippen molar-refractivity contribution in [3.05, 3.63) is 32.9 Å². The number of hydrogen-bond donors (Lipinski definition) is 1. The van der Waals surface area contributed by atoms with Crippen LogP contribution >= 0.6 is 0 Å². The number of hydrogen-bond acceptors (Lipinski definition) is 6. The molecule has 0 aromatic carbocycles. The molecule has 1 fully saturated rings. The normalized spacial score (nSPS) is 25.0. The Labute approximate surface area is 118 Å². The van der Waals surface area contributed by atoms with Crippen molar-refractivity contribution in [2.75, 3.05) is 13.7 Å². The van der Waals surface area contributed by atoms with Crippen LogP contribution in [0.1, 0.15) is 19.6 Å². The molecule has 2 rings (SSSR count). The molecule has 116 valence electrons. The van der Waals surface area contributed by atoms with Crippen molar-refractivity contribution in [1.82, 2.24) is 9.55 Å². The molecule has 8 nitrogen and oxygen atoms in total. The first-order valence-corrected chi connectivity index (χ1v) is 6.25. The van der Waals surface area contributed by atoms with Gasteiger partial charge in [0.15, 0.2) is 0 Å². The highest BCUT2D eigenvalue weighted by atomic mass is 19.1. The van der Waals surface area contributed by atoms with Crippen molar-refractivity contribution in [2.45, 2.75) is 31.8 Å². The molecular formula is C12H15FN2O6. The number of rotatable bonds is 4. The van der Waals surface area contributed by atoms with E-state index in [1.807, 2.05) is 4.98 Å². The van der Waals surface area contributed by atoms with Crippen LogP contribution in [0.3, 0.4) is 0 Å². The second-order valence-corrected chi connectivity index (χ2v) is 4.61. The van der Waals surface area contributed by atoms with Crippen molar-refractivity contribution >= 4 is 5.97 Å². The number of nitrogens with zero attached hydrogens (tertiary/aromatic N) is 1. The van der Waals surface area contributed by atoms with E-state index in [-0.39, 0.29) is 13.0 Å². The van der Waals surface area contributed by atoms with Crippen LogP contribution in [-0.2, 0) is 19.0 Å². The highest BCUT2D eigenvalue weighted by molar-refractivity contribution is 5.66. The van der Waals surface area contributed by atoms with Crippen LogP contribution in [0.15, 0.2) is 15.8 Å². The molecule has 1 aromatic rings. The molecule has 1 saturated heterocycles. The number of aromatic nitrogens is 2. The van der Waals surface area contributed by atoms with Crippen LogP contribution in [0.2, 0.25) is 0 Å². The Morgan fingerprint density at radius 2 is 2.29 bits per heavy atom. The number of aromatic amines is 1. The summed E-state index contributed by atoms with van der Waals surface area (Å²) in [6, 6.07) is 0. The molecule has 1 aliphatic rings. The summed E-state index contributed by atoms with van der Waals surface area (Å²) in [7, 11) is 1.45. The van der Waals surface area contributed by atoms with Crippen molar-refractivity contribution in [2.24, 2.45) is 0 Å². The van der Waals surface area contributed by atoms with Crippen molar-refractivity contribution < 1.29 is 23.4 Å². The molecule has 0 saturated carbocycles. The quantitative estimate of drug-likeness (QED) is 0.756. The third-order valence-electron chi connectivity index (χ3n) is 3.06. The van der Waals surface area contributed by atoms with Crippen LogP contribution in [0.25, 0.3) is 0 Å². The topological polar surface area (TPSA) is 99.6 Å². The van der Waals surface area contributed by atoms with E-state index < -0.39 is 41.5 Å². The molecule has 2 heterocycles. The monoisotopic (exact) mass is 302 g/mol. The van der Waals surface area contributed by atoms with Crippen LogP contribution in [-0.4, -0.2) is 41.4 Å². The summed E-state index contributed by atoms with van der Waals surface area (Å²) >= 11 is 0. The number of halogens is 1. The highest BCUT2D eigenvalue weighted by Gasteiger charge is 2.39. The lowest BCUT2D eigenvalue weighted by Gasteiger charge is -2.17. The Morgan fingerprint density at radius 1 is 1.57 bits per heavy atom. The summed E-state index contributed by atoms with van der Waals surface area (Å²) in [6.45, 7) is 1.40. The van der Waals surface area contributed by atoms with Gasteiger partial charge < -0.3 is 14.2 Å². The second-order valence-electron chi connectivity index (χ2n) is 4.61. The molecule has 3 atom stereocenters. The number of carbonyl (C=O) groups excluding carboxylic acids is 1. The molecule has 0 radical (unpaired) electrons. The van der Waals surface area contributed by atoms with Crippen LogP contribution in [0.5, 0.6) is 0 Å². The first-order valence-electron chi connectivity index (χ1n) is 6.25. The standard InChI is InChI=1S/C12H15FN2O6/c1-6(16)20-8-3-10(21-9(8)5-19-2)15-4-7(13)11(17)14-12(15)18/h4,8-10H,3,5H2,1-2H3,(H,14,17,18)/t8-,9+,10+/m0/s1. The van der Waals surface area contributed by atoms with Gasteiger partial charge in [-0.2, -0.15) is 4.39 Å². The lowest BCUT2D eigenvalue weighted by molar-refractivity contribution is -0.150. The van der Waals surface area contributed by atoms with Gasteiger partial charge >= 0.3 is 11.7 Å². The Morgan fingerprint density at radius 3 is 2.90 bits per heavy atom. The largest absolute Gasteiger partial charge is 0.460 e. The van der Waals surface area contributed by atoms with E-state index in [0.29, 0.717) is 0 Å². The van der Waals surface area contributed by atoms with Crippen molar-refractivity contribution in [1.29, 1.82) is 0 Å². The molecule has 1 aromatic heterocycles. The fraction of sp³-hybridized carbons (Fsp3) is 0.583. The zero-order valence-corrected chi connectivity index (χ0v) is 11.5.